The minimum atomic E-state index is -4.17. The molecular formula is C31H39N3O5S. The van der Waals surface area contributed by atoms with Crippen LogP contribution in [0.1, 0.15) is 45.2 Å². The van der Waals surface area contributed by atoms with Crippen LogP contribution in [0.2, 0.25) is 0 Å². The molecule has 0 saturated heterocycles. The van der Waals surface area contributed by atoms with Gasteiger partial charge in [-0.1, -0.05) is 61.5 Å². The lowest BCUT2D eigenvalue weighted by molar-refractivity contribution is -0.139. The zero-order valence-corrected chi connectivity index (χ0v) is 24.6. The number of carbonyl (C=O) groups is 2. The summed E-state index contributed by atoms with van der Waals surface area (Å²) in [5, 5.41) is 2.95. The monoisotopic (exact) mass is 565 g/mol. The number of nitrogens with one attached hydrogen (secondary N) is 1. The molecule has 0 bridgehead atoms. The van der Waals surface area contributed by atoms with E-state index in [0.717, 1.165) is 21.9 Å². The largest absolute Gasteiger partial charge is 0.492 e. The van der Waals surface area contributed by atoms with E-state index in [1.165, 1.54) is 17.0 Å². The van der Waals surface area contributed by atoms with E-state index < -0.39 is 28.5 Å². The molecule has 3 aromatic rings. The second kappa shape index (κ2) is 14.0. The fraction of sp³-hybridized carbons (Fsp3) is 0.355. The quantitative estimate of drug-likeness (QED) is 0.317. The Kier molecular flexibility index (Phi) is 10.7. The van der Waals surface area contributed by atoms with Crippen LogP contribution in [0.4, 0.5) is 5.69 Å². The van der Waals surface area contributed by atoms with Crippen molar-refractivity contribution in [2.75, 3.05) is 17.5 Å². The zero-order valence-electron chi connectivity index (χ0n) is 23.8. The molecule has 0 saturated carbocycles. The van der Waals surface area contributed by atoms with Gasteiger partial charge in [0.25, 0.3) is 10.0 Å². The van der Waals surface area contributed by atoms with Crippen molar-refractivity contribution in [1.82, 2.24) is 10.2 Å². The van der Waals surface area contributed by atoms with Crippen molar-refractivity contribution in [3.8, 4) is 5.75 Å². The Morgan fingerprint density at radius 1 is 0.900 bits per heavy atom. The van der Waals surface area contributed by atoms with Crippen LogP contribution < -0.4 is 14.4 Å². The second-order valence-electron chi connectivity index (χ2n) is 9.67. The summed E-state index contributed by atoms with van der Waals surface area (Å²) < 4.78 is 34.8. The number of carbonyl (C=O) groups excluding carboxylic acids is 2. The fourth-order valence-electron chi connectivity index (χ4n) is 4.19. The molecule has 0 radical (unpaired) electrons. The lowest BCUT2D eigenvalue weighted by Gasteiger charge is -2.33. The summed E-state index contributed by atoms with van der Waals surface area (Å²) in [5.74, 6) is -0.477. The summed E-state index contributed by atoms with van der Waals surface area (Å²) >= 11 is 0. The molecule has 0 aromatic heterocycles. The Morgan fingerprint density at radius 2 is 1.52 bits per heavy atom. The molecule has 2 atom stereocenters. The molecule has 2 unspecified atom stereocenters. The van der Waals surface area contributed by atoms with Gasteiger partial charge in [0.1, 0.15) is 18.3 Å². The molecule has 3 rings (SSSR count). The summed E-state index contributed by atoms with van der Waals surface area (Å²) in [6.45, 7) is 9.21. The van der Waals surface area contributed by atoms with Crippen LogP contribution in [0.5, 0.6) is 5.75 Å². The first-order valence-electron chi connectivity index (χ1n) is 13.5. The highest BCUT2D eigenvalue weighted by Gasteiger charge is 2.34. The van der Waals surface area contributed by atoms with Crippen LogP contribution in [0.3, 0.4) is 0 Å². The number of nitrogens with zero attached hydrogens (tertiary/aromatic N) is 2. The van der Waals surface area contributed by atoms with Gasteiger partial charge in [0.15, 0.2) is 0 Å². The van der Waals surface area contributed by atoms with Gasteiger partial charge < -0.3 is 15.0 Å². The molecular weight excluding hydrogens is 526 g/mol. The molecule has 3 aromatic carbocycles. The van der Waals surface area contributed by atoms with Crippen molar-refractivity contribution in [2.45, 2.75) is 64.6 Å². The SMILES string of the molecule is CCOc1ccccc1N(CC(=O)N(Cc1ccccc1C)C(C)C(=O)NC(C)CC)S(=O)(=O)c1ccccc1. The van der Waals surface area contributed by atoms with Gasteiger partial charge in [0.2, 0.25) is 11.8 Å². The molecule has 0 heterocycles. The average molecular weight is 566 g/mol. The Hall–Kier alpha value is -3.85. The number of aryl methyl sites for hydroxylation is 1. The van der Waals surface area contributed by atoms with Gasteiger partial charge in [-0.2, -0.15) is 0 Å². The highest BCUT2D eigenvalue weighted by atomic mass is 32.2. The maximum atomic E-state index is 14.1. The minimum absolute atomic E-state index is 0.0436. The van der Waals surface area contributed by atoms with E-state index in [4.69, 9.17) is 4.74 Å². The molecule has 1 N–H and O–H groups in total. The van der Waals surface area contributed by atoms with Gasteiger partial charge >= 0.3 is 0 Å². The average Bonchev–Trinajstić information content (AvgIpc) is 2.96. The standard InChI is InChI=1S/C31H39N3O5S/c1-6-24(4)32-31(36)25(5)33(21-26-16-12-11-15-23(26)3)30(35)22-34(28-19-13-14-20-29(28)39-7-2)40(37,38)27-17-9-8-10-18-27/h8-20,24-25H,6-7,21-22H2,1-5H3,(H,32,36). The summed E-state index contributed by atoms with van der Waals surface area (Å²) in [6.07, 6.45) is 0.738. The van der Waals surface area contributed by atoms with Crippen LogP contribution in [0.15, 0.2) is 83.8 Å². The Balaban J connectivity index is 2.07. The smallest absolute Gasteiger partial charge is 0.264 e. The maximum Gasteiger partial charge on any atom is 0.264 e. The van der Waals surface area contributed by atoms with Crippen molar-refractivity contribution < 1.29 is 22.7 Å². The first-order chi connectivity index (χ1) is 19.1. The van der Waals surface area contributed by atoms with E-state index in [1.54, 1.807) is 56.3 Å². The molecule has 0 fully saturated rings. The van der Waals surface area contributed by atoms with Crippen LogP contribution in [-0.4, -0.2) is 50.4 Å². The predicted molar refractivity (Wildman–Crippen MR) is 158 cm³/mol. The van der Waals surface area contributed by atoms with Gasteiger partial charge in [-0.3, -0.25) is 13.9 Å². The van der Waals surface area contributed by atoms with Crippen molar-refractivity contribution in [3.05, 3.63) is 90.0 Å². The molecule has 214 valence electrons. The predicted octanol–water partition coefficient (Wildman–Crippen LogP) is 4.92. The number of sulfonamides is 1. The van der Waals surface area contributed by atoms with Crippen LogP contribution in [0.25, 0.3) is 0 Å². The van der Waals surface area contributed by atoms with Crippen LogP contribution >= 0.6 is 0 Å². The third kappa shape index (κ3) is 7.41. The number of amides is 2. The van der Waals surface area contributed by atoms with E-state index in [1.807, 2.05) is 45.0 Å². The molecule has 0 aliphatic heterocycles. The normalized spacial score (nSPS) is 12.7. The fourth-order valence-corrected chi connectivity index (χ4v) is 5.64. The molecule has 0 spiro atoms. The molecule has 0 aliphatic carbocycles. The number of hydrogen-bond acceptors (Lipinski definition) is 5. The summed E-state index contributed by atoms with van der Waals surface area (Å²) in [4.78, 5) is 28.8. The number of ether oxygens (including phenoxy) is 1. The van der Waals surface area contributed by atoms with Crippen molar-refractivity contribution in [2.24, 2.45) is 0 Å². The highest BCUT2D eigenvalue weighted by Crippen LogP contribution is 2.33. The van der Waals surface area contributed by atoms with Crippen LogP contribution in [-0.2, 0) is 26.2 Å². The third-order valence-corrected chi connectivity index (χ3v) is 8.59. The van der Waals surface area contributed by atoms with Gasteiger partial charge in [0.05, 0.1) is 17.2 Å². The van der Waals surface area contributed by atoms with Crippen LogP contribution in [0, 0.1) is 6.92 Å². The summed E-state index contributed by atoms with van der Waals surface area (Å²) in [5.41, 5.74) is 2.07. The number of para-hydroxylation sites is 2. The number of hydrogen-bond donors (Lipinski definition) is 1. The minimum Gasteiger partial charge on any atom is -0.492 e. The van der Waals surface area contributed by atoms with E-state index in [0.29, 0.717) is 12.4 Å². The maximum absolute atomic E-state index is 14.1. The van der Waals surface area contributed by atoms with Crippen molar-refractivity contribution in [3.63, 3.8) is 0 Å². The lowest BCUT2D eigenvalue weighted by atomic mass is 10.1. The topological polar surface area (TPSA) is 96.0 Å². The summed E-state index contributed by atoms with van der Waals surface area (Å²) in [6, 6.07) is 21.4. The molecule has 8 nitrogen and oxygen atoms in total. The molecule has 40 heavy (non-hydrogen) atoms. The Bertz CT molecular complexity index is 1390. The number of rotatable bonds is 13. The summed E-state index contributed by atoms with van der Waals surface area (Å²) in [7, 11) is -4.17. The zero-order chi connectivity index (χ0) is 29.3. The van der Waals surface area contributed by atoms with Gasteiger partial charge in [-0.05, 0) is 69.5 Å². The van der Waals surface area contributed by atoms with E-state index in [9.17, 15) is 18.0 Å². The van der Waals surface area contributed by atoms with E-state index in [2.05, 4.69) is 5.32 Å². The first kappa shape index (κ1) is 30.7. The van der Waals surface area contributed by atoms with Gasteiger partial charge in [0, 0.05) is 12.6 Å². The van der Waals surface area contributed by atoms with Crippen molar-refractivity contribution >= 4 is 27.5 Å². The second-order valence-corrected chi connectivity index (χ2v) is 11.5. The number of anilines is 1. The lowest BCUT2D eigenvalue weighted by Crippen LogP contribution is -2.52. The Labute approximate surface area is 238 Å². The van der Waals surface area contributed by atoms with Gasteiger partial charge in [-0.25, -0.2) is 8.42 Å². The third-order valence-electron chi connectivity index (χ3n) is 6.81. The Morgan fingerprint density at radius 3 is 2.17 bits per heavy atom. The number of benzene rings is 3. The van der Waals surface area contributed by atoms with Gasteiger partial charge in [-0.15, -0.1) is 0 Å². The molecule has 2 amide bonds. The highest BCUT2D eigenvalue weighted by molar-refractivity contribution is 7.92. The molecule has 9 heteroatoms. The van der Waals surface area contributed by atoms with Crippen molar-refractivity contribution in [1.29, 1.82) is 0 Å². The van der Waals surface area contributed by atoms with E-state index >= 15 is 0 Å². The molecule has 0 aliphatic rings. The van der Waals surface area contributed by atoms with E-state index in [-0.39, 0.29) is 29.1 Å². The first-order valence-corrected chi connectivity index (χ1v) is 15.0.